The van der Waals surface area contributed by atoms with E-state index >= 15 is 0 Å². The lowest BCUT2D eigenvalue weighted by molar-refractivity contribution is -0.235. The van der Waals surface area contributed by atoms with Gasteiger partial charge in [-0.15, -0.1) is 0 Å². The van der Waals surface area contributed by atoms with E-state index in [0.29, 0.717) is 0 Å². The van der Waals surface area contributed by atoms with Crippen molar-refractivity contribution in [3.8, 4) is 0 Å². The van der Waals surface area contributed by atoms with Gasteiger partial charge in [0.05, 0.1) is 0 Å². The van der Waals surface area contributed by atoms with Gasteiger partial charge in [-0.05, 0) is 0 Å². The Hall–Kier alpha value is -0.410. The molecule has 4 nitrogen and oxygen atoms in total. The second-order valence-electron chi connectivity index (χ2n) is 1.45. The van der Waals surface area contributed by atoms with E-state index < -0.39 is 22.8 Å². The Bertz CT molecular complexity index is 220. The standard InChI is InChI=1S/C2H3F4NO3S/c3-1(2(4,5)6)10-11(7,8)9/h1H,(H2,7,8,9). The summed E-state index contributed by atoms with van der Waals surface area (Å²) in [6, 6.07) is 0. The van der Waals surface area contributed by atoms with Crippen LogP contribution in [0.1, 0.15) is 0 Å². The molecule has 0 fully saturated rings. The predicted octanol–water partition coefficient (Wildman–Crippen LogP) is 0.0644. The molecular formula is C2H3F4NO3S. The van der Waals surface area contributed by atoms with Gasteiger partial charge in [-0.2, -0.15) is 21.6 Å². The molecule has 0 aliphatic heterocycles. The monoisotopic (exact) mass is 197 g/mol. The van der Waals surface area contributed by atoms with E-state index in [2.05, 4.69) is 9.32 Å². The molecule has 0 amide bonds. The Labute approximate surface area is 59.2 Å². The molecule has 0 saturated carbocycles. The van der Waals surface area contributed by atoms with Crippen LogP contribution in [0.25, 0.3) is 0 Å². The van der Waals surface area contributed by atoms with E-state index in [1.54, 1.807) is 0 Å². The highest BCUT2D eigenvalue weighted by Gasteiger charge is 2.43. The highest BCUT2D eigenvalue weighted by molar-refractivity contribution is 7.84. The highest BCUT2D eigenvalue weighted by Crippen LogP contribution is 2.24. The highest BCUT2D eigenvalue weighted by atomic mass is 32.2. The van der Waals surface area contributed by atoms with Gasteiger partial charge in [0.2, 0.25) is 0 Å². The molecule has 0 aromatic rings. The molecule has 0 radical (unpaired) electrons. The predicted molar refractivity (Wildman–Crippen MR) is 25.1 cm³/mol. The van der Waals surface area contributed by atoms with Crippen LogP contribution >= 0.6 is 0 Å². The van der Waals surface area contributed by atoms with Gasteiger partial charge in [0.15, 0.2) is 0 Å². The maximum absolute atomic E-state index is 11.6. The molecular weight excluding hydrogens is 194 g/mol. The Morgan fingerprint density at radius 1 is 1.36 bits per heavy atom. The molecule has 0 aromatic carbocycles. The molecule has 2 N–H and O–H groups in total. The molecule has 68 valence electrons. The van der Waals surface area contributed by atoms with E-state index in [9.17, 15) is 26.0 Å². The van der Waals surface area contributed by atoms with Crippen LogP contribution in [0, 0.1) is 0 Å². The Kier molecular flexibility index (Phi) is 2.80. The van der Waals surface area contributed by atoms with Crippen LogP contribution in [0.4, 0.5) is 17.6 Å². The third kappa shape index (κ3) is 4.93. The molecule has 0 spiro atoms. The van der Waals surface area contributed by atoms with Crippen molar-refractivity contribution < 1.29 is 30.2 Å². The van der Waals surface area contributed by atoms with E-state index in [1.807, 2.05) is 0 Å². The molecule has 0 rings (SSSR count). The van der Waals surface area contributed by atoms with Crippen LogP contribution in [0.5, 0.6) is 0 Å². The Balaban J connectivity index is 4.21. The first-order valence-corrected chi connectivity index (χ1v) is 3.52. The summed E-state index contributed by atoms with van der Waals surface area (Å²) in [6.45, 7) is 0. The van der Waals surface area contributed by atoms with Gasteiger partial charge in [0.25, 0.3) is 0 Å². The first kappa shape index (κ1) is 10.6. The van der Waals surface area contributed by atoms with E-state index in [1.165, 1.54) is 0 Å². The number of halogens is 4. The number of alkyl halides is 4. The van der Waals surface area contributed by atoms with Crippen molar-refractivity contribution in [1.29, 1.82) is 0 Å². The van der Waals surface area contributed by atoms with Gasteiger partial charge >= 0.3 is 22.8 Å². The van der Waals surface area contributed by atoms with Crippen molar-refractivity contribution in [3.63, 3.8) is 0 Å². The zero-order valence-electron chi connectivity index (χ0n) is 4.80. The zero-order chi connectivity index (χ0) is 9.28. The molecule has 0 heterocycles. The van der Waals surface area contributed by atoms with Crippen molar-refractivity contribution in [2.24, 2.45) is 5.14 Å². The third-order valence-corrected chi connectivity index (χ3v) is 0.913. The normalized spacial score (nSPS) is 16.5. The lowest BCUT2D eigenvalue weighted by atomic mass is 10.7. The minimum atomic E-state index is -5.38. The van der Waals surface area contributed by atoms with Gasteiger partial charge < -0.3 is 0 Å². The van der Waals surface area contributed by atoms with Gasteiger partial charge in [0, 0.05) is 0 Å². The van der Waals surface area contributed by atoms with Crippen molar-refractivity contribution in [1.82, 2.24) is 0 Å². The summed E-state index contributed by atoms with van der Waals surface area (Å²) >= 11 is 0. The summed E-state index contributed by atoms with van der Waals surface area (Å²) in [5.41, 5.74) is 0. The number of nitrogens with two attached hydrogens (primary N) is 1. The lowest BCUT2D eigenvalue weighted by Gasteiger charge is -2.09. The summed E-state index contributed by atoms with van der Waals surface area (Å²) in [5.74, 6) is 0. The van der Waals surface area contributed by atoms with Crippen molar-refractivity contribution >= 4 is 10.3 Å². The topological polar surface area (TPSA) is 69.4 Å². The largest absolute Gasteiger partial charge is 0.446 e. The average Bonchev–Trinajstić information content (AvgIpc) is 1.56. The van der Waals surface area contributed by atoms with Gasteiger partial charge in [-0.1, -0.05) is 0 Å². The van der Waals surface area contributed by atoms with Crippen LogP contribution < -0.4 is 5.14 Å². The minimum Gasteiger partial charge on any atom is -0.211 e. The van der Waals surface area contributed by atoms with Crippen LogP contribution in [-0.4, -0.2) is 21.0 Å². The number of rotatable bonds is 2. The van der Waals surface area contributed by atoms with E-state index in [-0.39, 0.29) is 0 Å². The fourth-order valence-electron chi connectivity index (χ4n) is 0.172. The summed E-state index contributed by atoms with van der Waals surface area (Å²) in [4.78, 5) is 0. The van der Waals surface area contributed by atoms with Crippen LogP contribution in [-0.2, 0) is 14.5 Å². The maximum Gasteiger partial charge on any atom is 0.446 e. The SMILES string of the molecule is NS(=O)(=O)OC(F)C(F)(F)F. The van der Waals surface area contributed by atoms with Gasteiger partial charge in [-0.25, -0.2) is 13.7 Å². The first-order chi connectivity index (χ1) is 4.63. The van der Waals surface area contributed by atoms with Crippen molar-refractivity contribution in [2.75, 3.05) is 0 Å². The molecule has 0 bridgehead atoms. The molecule has 1 atom stereocenters. The van der Waals surface area contributed by atoms with Gasteiger partial charge in [-0.3, -0.25) is 0 Å². The smallest absolute Gasteiger partial charge is 0.211 e. The Morgan fingerprint density at radius 3 is 1.82 bits per heavy atom. The molecule has 9 heteroatoms. The zero-order valence-corrected chi connectivity index (χ0v) is 5.62. The summed E-state index contributed by atoms with van der Waals surface area (Å²) in [7, 11) is -4.90. The molecule has 0 aliphatic carbocycles. The molecule has 0 aliphatic rings. The van der Waals surface area contributed by atoms with Crippen molar-refractivity contribution in [2.45, 2.75) is 12.5 Å². The molecule has 11 heavy (non-hydrogen) atoms. The Morgan fingerprint density at radius 2 is 1.73 bits per heavy atom. The quantitative estimate of drug-likeness (QED) is 0.636. The van der Waals surface area contributed by atoms with E-state index in [0.717, 1.165) is 0 Å². The fourth-order valence-corrected chi connectivity index (χ4v) is 0.517. The third-order valence-electron chi connectivity index (χ3n) is 0.476. The van der Waals surface area contributed by atoms with E-state index in [4.69, 9.17) is 0 Å². The van der Waals surface area contributed by atoms with Crippen LogP contribution in [0.15, 0.2) is 0 Å². The molecule has 1 unspecified atom stereocenters. The van der Waals surface area contributed by atoms with Crippen LogP contribution in [0.3, 0.4) is 0 Å². The molecule has 0 saturated heterocycles. The summed E-state index contributed by atoms with van der Waals surface area (Å²) in [6.07, 6.45) is -9.29. The maximum atomic E-state index is 11.6. The molecule has 0 aromatic heterocycles. The van der Waals surface area contributed by atoms with Crippen LogP contribution in [0.2, 0.25) is 0 Å². The average molecular weight is 197 g/mol. The number of hydrogen-bond acceptors (Lipinski definition) is 3. The number of hydrogen-bond donors (Lipinski definition) is 1. The second-order valence-corrected chi connectivity index (χ2v) is 2.62. The first-order valence-electron chi connectivity index (χ1n) is 2.05. The minimum absolute atomic E-state index is 2.76. The summed E-state index contributed by atoms with van der Waals surface area (Å²) in [5, 5.41) is 3.94. The lowest BCUT2D eigenvalue weighted by Crippen LogP contribution is -2.32. The van der Waals surface area contributed by atoms with Crippen molar-refractivity contribution in [3.05, 3.63) is 0 Å². The van der Waals surface area contributed by atoms with Gasteiger partial charge in [0.1, 0.15) is 0 Å². The fraction of sp³-hybridized carbons (Fsp3) is 1.00. The second kappa shape index (κ2) is 2.91. The summed E-state index contributed by atoms with van der Waals surface area (Å²) < 4.78 is 67.2.